The summed E-state index contributed by atoms with van der Waals surface area (Å²) in [5.41, 5.74) is 0. The maximum absolute atomic E-state index is 12.4. The zero-order valence-corrected chi connectivity index (χ0v) is 16.0. The molecule has 5 nitrogen and oxygen atoms in total. The number of amides is 1. The first kappa shape index (κ1) is 17.6. The summed E-state index contributed by atoms with van der Waals surface area (Å²) in [6.45, 7) is 1.12. The van der Waals surface area contributed by atoms with Crippen LogP contribution in [-0.4, -0.2) is 38.4 Å². The zero-order valence-electron chi connectivity index (χ0n) is 12.8. The van der Waals surface area contributed by atoms with E-state index in [1.165, 1.54) is 11.3 Å². The topological polar surface area (TPSA) is 66.5 Å². The molecule has 0 atom stereocenters. The lowest BCUT2D eigenvalue weighted by molar-refractivity contribution is 0.0716. The van der Waals surface area contributed by atoms with Crippen molar-refractivity contribution in [3.05, 3.63) is 51.1 Å². The molecule has 1 aliphatic rings. The standard InChI is InChI=1S/C16H17BrN2O3S2/c17-12-3-5-14(6-4-12)24(21,22)18-13-7-9-19(10-8-13)16(20)15-2-1-11-23-15/h1-6,11,13,18H,7-10H2. The predicted molar refractivity (Wildman–Crippen MR) is 97.7 cm³/mol. The number of hydrogen-bond donors (Lipinski definition) is 1. The average Bonchev–Trinajstić information content (AvgIpc) is 3.09. The second-order valence-corrected chi connectivity index (χ2v) is 9.20. The first-order chi connectivity index (χ1) is 11.5. The van der Waals surface area contributed by atoms with Crippen LogP contribution < -0.4 is 4.72 Å². The van der Waals surface area contributed by atoms with Gasteiger partial charge in [-0.1, -0.05) is 22.0 Å². The van der Waals surface area contributed by atoms with Gasteiger partial charge in [0.1, 0.15) is 0 Å². The monoisotopic (exact) mass is 428 g/mol. The SMILES string of the molecule is O=C(c1cccs1)N1CCC(NS(=O)(=O)c2ccc(Br)cc2)CC1. The third kappa shape index (κ3) is 4.05. The number of carbonyl (C=O) groups is 1. The molecular weight excluding hydrogens is 412 g/mol. The summed E-state index contributed by atoms with van der Waals surface area (Å²) >= 11 is 4.72. The van der Waals surface area contributed by atoms with Crippen molar-refractivity contribution in [1.82, 2.24) is 9.62 Å². The van der Waals surface area contributed by atoms with Gasteiger partial charge in [-0.3, -0.25) is 4.79 Å². The molecule has 1 aromatic heterocycles. The van der Waals surface area contributed by atoms with Crippen molar-refractivity contribution < 1.29 is 13.2 Å². The summed E-state index contributed by atoms with van der Waals surface area (Å²) in [5.74, 6) is 0.0271. The molecule has 1 amide bonds. The maximum atomic E-state index is 12.4. The number of nitrogens with one attached hydrogen (secondary N) is 1. The number of nitrogens with zero attached hydrogens (tertiary/aromatic N) is 1. The van der Waals surface area contributed by atoms with Crippen LogP contribution in [0.3, 0.4) is 0 Å². The van der Waals surface area contributed by atoms with Crippen LogP contribution in [0.2, 0.25) is 0 Å². The predicted octanol–water partition coefficient (Wildman–Crippen LogP) is 3.09. The molecule has 1 aliphatic heterocycles. The Morgan fingerprint density at radius 3 is 2.42 bits per heavy atom. The molecule has 0 spiro atoms. The van der Waals surface area contributed by atoms with Crippen molar-refractivity contribution in [1.29, 1.82) is 0 Å². The molecule has 0 bridgehead atoms. The first-order valence-electron chi connectivity index (χ1n) is 7.56. The third-order valence-electron chi connectivity index (χ3n) is 3.96. The van der Waals surface area contributed by atoms with Gasteiger partial charge in [0.2, 0.25) is 10.0 Å². The summed E-state index contributed by atoms with van der Waals surface area (Å²) in [5, 5.41) is 1.88. The minimum absolute atomic E-state index is 0.0271. The molecule has 2 aromatic rings. The van der Waals surface area contributed by atoms with Gasteiger partial charge in [-0.25, -0.2) is 13.1 Å². The number of hydrogen-bond acceptors (Lipinski definition) is 4. The van der Waals surface area contributed by atoms with Crippen molar-refractivity contribution in [2.45, 2.75) is 23.8 Å². The van der Waals surface area contributed by atoms with E-state index in [-0.39, 0.29) is 16.8 Å². The number of likely N-dealkylation sites (tertiary alicyclic amines) is 1. The Labute approximate surface area is 153 Å². The van der Waals surface area contributed by atoms with Crippen LogP contribution in [0.15, 0.2) is 51.1 Å². The molecule has 128 valence electrons. The molecule has 8 heteroatoms. The Balaban J connectivity index is 1.59. The minimum Gasteiger partial charge on any atom is -0.338 e. The Morgan fingerprint density at radius 2 is 1.83 bits per heavy atom. The van der Waals surface area contributed by atoms with E-state index < -0.39 is 10.0 Å². The summed E-state index contributed by atoms with van der Waals surface area (Å²) in [4.78, 5) is 15.1. The van der Waals surface area contributed by atoms with Crippen LogP contribution in [0.5, 0.6) is 0 Å². The van der Waals surface area contributed by atoms with Crippen molar-refractivity contribution >= 4 is 43.2 Å². The lowest BCUT2D eigenvalue weighted by Crippen LogP contribution is -2.46. The van der Waals surface area contributed by atoms with E-state index in [9.17, 15) is 13.2 Å². The molecule has 0 radical (unpaired) electrons. The van der Waals surface area contributed by atoms with Crippen LogP contribution in [0.4, 0.5) is 0 Å². The lowest BCUT2D eigenvalue weighted by atomic mass is 10.1. The van der Waals surface area contributed by atoms with Gasteiger partial charge >= 0.3 is 0 Å². The second-order valence-electron chi connectivity index (χ2n) is 5.62. The quantitative estimate of drug-likeness (QED) is 0.813. The van der Waals surface area contributed by atoms with Gasteiger partial charge in [0, 0.05) is 23.6 Å². The van der Waals surface area contributed by atoms with Gasteiger partial charge < -0.3 is 4.90 Å². The van der Waals surface area contributed by atoms with Crippen molar-refractivity contribution in [3.8, 4) is 0 Å². The Kier molecular flexibility index (Phi) is 5.39. The number of rotatable bonds is 4. The lowest BCUT2D eigenvalue weighted by Gasteiger charge is -2.32. The minimum atomic E-state index is -3.53. The average molecular weight is 429 g/mol. The summed E-state index contributed by atoms with van der Waals surface area (Å²) in [6, 6.07) is 10.1. The van der Waals surface area contributed by atoms with Gasteiger partial charge in [-0.05, 0) is 48.6 Å². The van der Waals surface area contributed by atoms with E-state index in [0.29, 0.717) is 25.9 Å². The van der Waals surface area contributed by atoms with Crippen molar-refractivity contribution in [3.63, 3.8) is 0 Å². The van der Waals surface area contributed by atoms with Crippen LogP contribution >= 0.6 is 27.3 Å². The van der Waals surface area contributed by atoms with Gasteiger partial charge in [0.25, 0.3) is 5.91 Å². The largest absolute Gasteiger partial charge is 0.338 e. The van der Waals surface area contributed by atoms with E-state index in [1.807, 2.05) is 17.5 Å². The maximum Gasteiger partial charge on any atom is 0.263 e. The molecule has 0 aliphatic carbocycles. The third-order valence-corrected chi connectivity index (χ3v) is 6.88. The number of thiophene rings is 1. The number of halogens is 1. The number of benzene rings is 1. The van der Waals surface area contributed by atoms with E-state index in [0.717, 1.165) is 9.35 Å². The molecule has 0 unspecified atom stereocenters. The molecular formula is C16H17BrN2O3S2. The molecule has 1 saturated heterocycles. The van der Waals surface area contributed by atoms with Crippen LogP contribution in [0.25, 0.3) is 0 Å². The van der Waals surface area contributed by atoms with Gasteiger partial charge in [0.15, 0.2) is 0 Å². The number of carbonyl (C=O) groups excluding carboxylic acids is 1. The van der Waals surface area contributed by atoms with E-state index in [2.05, 4.69) is 20.7 Å². The molecule has 0 saturated carbocycles. The summed E-state index contributed by atoms with van der Waals surface area (Å²) in [6.07, 6.45) is 1.24. The molecule has 3 rings (SSSR count). The molecule has 24 heavy (non-hydrogen) atoms. The van der Waals surface area contributed by atoms with Gasteiger partial charge in [-0.15, -0.1) is 11.3 Å². The fraction of sp³-hybridized carbons (Fsp3) is 0.312. The highest BCUT2D eigenvalue weighted by atomic mass is 79.9. The van der Waals surface area contributed by atoms with Crippen LogP contribution in [0, 0.1) is 0 Å². The first-order valence-corrected chi connectivity index (χ1v) is 10.7. The van der Waals surface area contributed by atoms with E-state index in [1.54, 1.807) is 29.2 Å². The van der Waals surface area contributed by atoms with E-state index in [4.69, 9.17) is 0 Å². The number of sulfonamides is 1. The van der Waals surface area contributed by atoms with Crippen molar-refractivity contribution in [2.24, 2.45) is 0 Å². The van der Waals surface area contributed by atoms with Crippen LogP contribution in [0.1, 0.15) is 22.5 Å². The molecule has 1 fully saturated rings. The van der Waals surface area contributed by atoms with E-state index >= 15 is 0 Å². The van der Waals surface area contributed by atoms with Crippen molar-refractivity contribution in [2.75, 3.05) is 13.1 Å². The zero-order chi connectivity index (χ0) is 17.2. The van der Waals surface area contributed by atoms with Crippen LogP contribution in [-0.2, 0) is 10.0 Å². The normalized spacial score (nSPS) is 16.3. The highest BCUT2D eigenvalue weighted by Crippen LogP contribution is 2.19. The Bertz CT molecular complexity index is 796. The fourth-order valence-corrected chi connectivity index (χ4v) is 4.92. The Hall–Kier alpha value is -1.22. The number of piperidine rings is 1. The fourth-order valence-electron chi connectivity index (χ4n) is 2.66. The summed E-state index contributed by atoms with van der Waals surface area (Å²) in [7, 11) is -3.53. The Morgan fingerprint density at radius 1 is 1.17 bits per heavy atom. The van der Waals surface area contributed by atoms with Gasteiger partial charge in [-0.2, -0.15) is 0 Å². The molecule has 1 N–H and O–H groups in total. The molecule has 2 heterocycles. The highest BCUT2D eigenvalue weighted by molar-refractivity contribution is 9.10. The second kappa shape index (κ2) is 7.35. The summed E-state index contributed by atoms with van der Waals surface area (Å²) < 4.78 is 28.4. The van der Waals surface area contributed by atoms with Gasteiger partial charge in [0.05, 0.1) is 9.77 Å². The highest BCUT2D eigenvalue weighted by Gasteiger charge is 2.27. The smallest absolute Gasteiger partial charge is 0.263 e. The molecule has 1 aromatic carbocycles.